The van der Waals surface area contributed by atoms with E-state index < -0.39 is 0 Å². The van der Waals surface area contributed by atoms with Crippen molar-refractivity contribution < 1.29 is 0 Å². The second-order valence-electron chi connectivity index (χ2n) is 4.87. The van der Waals surface area contributed by atoms with Gasteiger partial charge in [-0.15, -0.1) is 0 Å². The van der Waals surface area contributed by atoms with Crippen molar-refractivity contribution >= 4 is 34.6 Å². The molecule has 1 aliphatic rings. The summed E-state index contributed by atoms with van der Waals surface area (Å²) in [5.74, 6) is 0. The maximum Gasteiger partial charge on any atom is 0.187 e. The van der Waals surface area contributed by atoms with Gasteiger partial charge < -0.3 is 5.73 Å². The average Bonchev–Trinajstić information content (AvgIpc) is 2.93. The number of benzene rings is 2. The second kappa shape index (κ2) is 5.84. The molecule has 0 spiro atoms. The van der Waals surface area contributed by atoms with Crippen molar-refractivity contribution in [3.63, 3.8) is 0 Å². The van der Waals surface area contributed by atoms with Crippen molar-refractivity contribution in [3.05, 3.63) is 70.7 Å². The van der Waals surface area contributed by atoms with Crippen molar-refractivity contribution in [2.45, 2.75) is 12.5 Å². The largest absolute Gasteiger partial charge is 0.375 e. The number of nitrogens with zero attached hydrogens (tertiary/aromatic N) is 2. The van der Waals surface area contributed by atoms with E-state index in [1.807, 2.05) is 42.5 Å². The number of hydrazone groups is 1. The van der Waals surface area contributed by atoms with Crippen LogP contribution in [0.15, 0.2) is 59.7 Å². The molecule has 1 unspecified atom stereocenters. The number of thiocarbonyl (C=S) groups is 1. The smallest absolute Gasteiger partial charge is 0.187 e. The van der Waals surface area contributed by atoms with Gasteiger partial charge >= 0.3 is 0 Å². The lowest BCUT2D eigenvalue weighted by atomic mass is 9.99. The van der Waals surface area contributed by atoms with Crippen molar-refractivity contribution in [2.75, 3.05) is 0 Å². The lowest BCUT2D eigenvalue weighted by molar-refractivity contribution is 0.373. The molecular weight excluding hydrogens is 302 g/mol. The van der Waals surface area contributed by atoms with E-state index in [0.717, 1.165) is 23.3 Å². The van der Waals surface area contributed by atoms with Crippen LogP contribution in [0.4, 0.5) is 0 Å². The molecule has 3 nitrogen and oxygen atoms in total. The summed E-state index contributed by atoms with van der Waals surface area (Å²) in [6.45, 7) is 0. The number of nitrogens with two attached hydrogens (primary N) is 1. The fourth-order valence-corrected chi connectivity index (χ4v) is 2.85. The third-order valence-electron chi connectivity index (χ3n) is 3.48. The molecular formula is C16H14ClN3S. The van der Waals surface area contributed by atoms with Crippen LogP contribution < -0.4 is 5.73 Å². The van der Waals surface area contributed by atoms with Crippen LogP contribution in [0.25, 0.3) is 0 Å². The lowest BCUT2D eigenvalue weighted by Gasteiger charge is -2.21. The minimum absolute atomic E-state index is 0.0395. The maximum absolute atomic E-state index is 6.06. The third kappa shape index (κ3) is 2.91. The molecule has 21 heavy (non-hydrogen) atoms. The first-order chi connectivity index (χ1) is 10.1. The predicted octanol–water partition coefficient (Wildman–Crippen LogP) is 3.73. The molecule has 3 rings (SSSR count). The standard InChI is InChI=1S/C16H14ClN3S/c17-13-8-4-7-12(9-13)14-10-15(20(19-14)16(18)21)11-5-2-1-3-6-11/h1-9,15H,10H2,(H2,18,21). The van der Waals surface area contributed by atoms with Gasteiger partial charge in [-0.3, -0.25) is 0 Å². The highest BCUT2D eigenvalue weighted by atomic mass is 35.5. The summed E-state index contributed by atoms with van der Waals surface area (Å²) in [6, 6.07) is 17.8. The molecule has 106 valence electrons. The lowest BCUT2D eigenvalue weighted by Crippen LogP contribution is -2.31. The second-order valence-corrected chi connectivity index (χ2v) is 5.73. The Kier molecular flexibility index (Phi) is 3.90. The number of hydrogen-bond donors (Lipinski definition) is 1. The highest BCUT2D eigenvalue weighted by molar-refractivity contribution is 7.80. The van der Waals surface area contributed by atoms with Gasteiger partial charge in [0, 0.05) is 11.4 Å². The molecule has 2 N–H and O–H groups in total. The van der Waals surface area contributed by atoms with E-state index in [2.05, 4.69) is 17.2 Å². The Balaban J connectivity index is 1.95. The normalized spacial score (nSPS) is 17.7. The van der Waals surface area contributed by atoms with Gasteiger partial charge in [0.15, 0.2) is 5.11 Å². The van der Waals surface area contributed by atoms with Crippen LogP contribution in [0.5, 0.6) is 0 Å². The molecule has 0 fully saturated rings. The first kappa shape index (κ1) is 14.0. The van der Waals surface area contributed by atoms with Crippen LogP contribution in [0.2, 0.25) is 5.02 Å². The number of hydrogen-bond acceptors (Lipinski definition) is 2. The van der Waals surface area contributed by atoms with Gasteiger partial charge in [0.2, 0.25) is 0 Å². The average molecular weight is 316 g/mol. The van der Waals surface area contributed by atoms with Crippen LogP contribution in [-0.4, -0.2) is 15.8 Å². The highest BCUT2D eigenvalue weighted by Crippen LogP contribution is 2.32. The zero-order valence-corrected chi connectivity index (χ0v) is 12.8. The summed E-state index contributed by atoms with van der Waals surface area (Å²) < 4.78 is 0. The summed E-state index contributed by atoms with van der Waals surface area (Å²) in [5, 5.41) is 7.26. The molecule has 2 aromatic carbocycles. The quantitative estimate of drug-likeness (QED) is 0.858. The molecule has 2 aromatic rings. The Labute approximate surface area is 134 Å². The van der Waals surface area contributed by atoms with E-state index in [0.29, 0.717) is 5.02 Å². The predicted molar refractivity (Wildman–Crippen MR) is 90.4 cm³/mol. The van der Waals surface area contributed by atoms with Crippen molar-refractivity contribution in [1.82, 2.24) is 5.01 Å². The summed E-state index contributed by atoms with van der Waals surface area (Å²) in [7, 11) is 0. The zero-order valence-electron chi connectivity index (χ0n) is 11.2. The minimum Gasteiger partial charge on any atom is -0.375 e. The number of rotatable bonds is 2. The molecule has 0 saturated carbocycles. The summed E-state index contributed by atoms with van der Waals surface area (Å²) >= 11 is 11.2. The molecule has 0 amide bonds. The Bertz CT molecular complexity index is 700. The molecule has 1 atom stereocenters. The highest BCUT2D eigenvalue weighted by Gasteiger charge is 2.30. The van der Waals surface area contributed by atoms with Crippen LogP contribution >= 0.6 is 23.8 Å². The molecule has 5 heteroatoms. The molecule has 1 aliphatic heterocycles. The minimum atomic E-state index is 0.0395. The monoisotopic (exact) mass is 315 g/mol. The SMILES string of the molecule is NC(=S)N1N=C(c2cccc(Cl)c2)CC1c1ccccc1. The van der Waals surface area contributed by atoms with Gasteiger partial charge in [0.1, 0.15) is 0 Å². The Morgan fingerprint density at radius 3 is 2.62 bits per heavy atom. The Morgan fingerprint density at radius 1 is 1.19 bits per heavy atom. The first-order valence-corrected chi connectivity index (χ1v) is 7.41. The van der Waals surface area contributed by atoms with Crippen LogP contribution in [0, 0.1) is 0 Å². The van der Waals surface area contributed by atoms with E-state index in [1.165, 1.54) is 0 Å². The fourth-order valence-electron chi connectivity index (χ4n) is 2.49. The summed E-state index contributed by atoms with van der Waals surface area (Å²) in [5.41, 5.74) is 8.91. The molecule has 0 radical (unpaired) electrons. The molecule has 0 saturated heterocycles. The van der Waals surface area contributed by atoms with E-state index in [-0.39, 0.29) is 11.2 Å². The summed E-state index contributed by atoms with van der Waals surface area (Å²) in [4.78, 5) is 0. The fraction of sp³-hybridized carbons (Fsp3) is 0.125. The van der Waals surface area contributed by atoms with Crippen molar-refractivity contribution in [1.29, 1.82) is 0 Å². The van der Waals surface area contributed by atoms with E-state index >= 15 is 0 Å². The van der Waals surface area contributed by atoms with E-state index in [4.69, 9.17) is 29.6 Å². The van der Waals surface area contributed by atoms with E-state index in [1.54, 1.807) is 5.01 Å². The molecule has 0 bridgehead atoms. The van der Waals surface area contributed by atoms with Crippen LogP contribution in [0.1, 0.15) is 23.6 Å². The third-order valence-corrected chi connectivity index (χ3v) is 3.90. The van der Waals surface area contributed by atoms with E-state index in [9.17, 15) is 0 Å². The van der Waals surface area contributed by atoms with Crippen LogP contribution in [-0.2, 0) is 0 Å². The zero-order chi connectivity index (χ0) is 14.8. The van der Waals surface area contributed by atoms with Gasteiger partial charge in [-0.25, -0.2) is 5.01 Å². The molecule has 1 heterocycles. The first-order valence-electron chi connectivity index (χ1n) is 6.62. The Morgan fingerprint density at radius 2 is 1.95 bits per heavy atom. The van der Waals surface area contributed by atoms with Gasteiger partial charge in [0.05, 0.1) is 11.8 Å². The number of halogens is 1. The van der Waals surface area contributed by atoms with Crippen molar-refractivity contribution in [2.24, 2.45) is 10.8 Å². The van der Waals surface area contributed by atoms with Crippen molar-refractivity contribution in [3.8, 4) is 0 Å². The van der Waals surface area contributed by atoms with Crippen LogP contribution in [0.3, 0.4) is 0 Å². The van der Waals surface area contributed by atoms with Gasteiger partial charge in [-0.2, -0.15) is 5.10 Å². The van der Waals surface area contributed by atoms with Gasteiger partial charge in [0.25, 0.3) is 0 Å². The topological polar surface area (TPSA) is 41.6 Å². The van der Waals surface area contributed by atoms with Gasteiger partial charge in [-0.05, 0) is 35.5 Å². The molecule has 0 aromatic heterocycles. The Hall–Kier alpha value is -1.91. The molecule has 0 aliphatic carbocycles. The van der Waals surface area contributed by atoms with Gasteiger partial charge in [-0.1, -0.05) is 54.1 Å². The summed E-state index contributed by atoms with van der Waals surface area (Å²) in [6.07, 6.45) is 0.752. The maximum atomic E-state index is 6.06.